The standard InChI is InChI=1S/C16H16N2O3/c1-20-15-8-11(9-19)6-7-14(15)21-10-16-17-12-4-2-3-5-13(12)18-16/h2,4,6-9H,3,5,10H2,1H3,(H,17,18). The van der Waals surface area contributed by atoms with Crippen LogP contribution in [0.25, 0.3) is 6.08 Å². The number of H-pyrrole nitrogens is 1. The maximum Gasteiger partial charge on any atom is 0.161 e. The van der Waals surface area contributed by atoms with E-state index in [0.717, 1.165) is 36.3 Å². The number of allylic oxidation sites excluding steroid dienone is 1. The van der Waals surface area contributed by atoms with Crippen molar-refractivity contribution in [3.05, 3.63) is 47.1 Å². The Kier molecular flexibility index (Phi) is 3.73. The number of rotatable bonds is 5. The number of benzene rings is 1. The number of aryl methyl sites for hydroxylation is 1. The Morgan fingerprint density at radius 1 is 1.38 bits per heavy atom. The Balaban J connectivity index is 1.74. The first-order valence-corrected chi connectivity index (χ1v) is 6.80. The molecule has 1 aliphatic carbocycles. The lowest BCUT2D eigenvalue weighted by atomic mass is 10.1. The zero-order chi connectivity index (χ0) is 14.7. The molecular weight excluding hydrogens is 268 g/mol. The van der Waals surface area contributed by atoms with Crippen molar-refractivity contribution >= 4 is 12.4 Å². The number of imidazole rings is 1. The summed E-state index contributed by atoms with van der Waals surface area (Å²) in [4.78, 5) is 18.5. The second-order valence-electron chi connectivity index (χ2n) is 4.81. The molecule has 0 unspecified atom stereocenters. The number of carbonyl (C=O) groups is 1. The molecule has 5 nitrogen and oxygen atoms in total. The number of nitrogens with one attached hydrogen (secondary N) is 1. The van der Waals surface area contributed by atoms with E-state index in [4.69, 9.17) is 9.47 Å². The van der Waals surface area contributed by atoms with Crippen molar-refractivity contribution in [3.63, 3.8) is 0 Å². The molecule has 21 heavy (non-hydrogen) atoms. The van der Waals surface area contributed by atoms with Crippen LogP contribution in [-0.2, 0) is 13.0 Å². The van der Waals surface area contributed by atoms with Crippen LogP contribution in [0.1, 0.15) is 34.0 Å². The first-order chi connectivity index (χ1) is 10.3. The van der Waals surface area contributed by atoms with Crippen molar-refractivity contribution < 1.29 is 14.3 Å². The van der Waals surface area contributed by atoms with Crippen molar-refractivity contribution in [1.82, 2.24) is 9.97 Å². The molecular formula is C16H16N2O3. The molecule has 5 heteroatoms. The molecule has 0 bridgehead atoms. The van der Waals surface area contributed by atoms with Gasteiger partial charge in [0.05, 0.1) is 12.8 Å². The Labute approximate surface area is 122 Å². The van der Waals surface area contributed by atoms with Gasteiger partial charge >= 0.3 is 0 Å². The van der Waals surface area contributed by atoms with E-state index in [9.17, 15) is 4.79 Å². The monoisotopic (exact) mass is 284 g/mol. The number of hydrogen-bond donors (Lipinski definition) is 1. The second-order valence-corrected chi connectivity index (χ2v) is 4.81. The van der Waals surface area contributed by atoms with E-state index in [1.807, 2.05) is 6.08 Å². The first-order valence-electron chi connectivity index (χ1n) is 6.80. The molecule has 1 aliphatic rings. The minimum Gasteiger partial charge on any atom is -0.493 e. The SMILES string of the molecule is COc1cc(C=O)ccc1OCc1nc2c([nH]1)CCC=C2. The number of aromatic nitrogens is 2. The Hall–Kier alpha value is -2.56. The Morgan fingerprint density at radius 3 is 3.05 bits per heavy atom. The molecule has 0 radical (unpaired) electrons. The van der Waals surface area contributed by atoms with Crippen LogP contribution in [-0.4, -0.2) is 23.4 Å². The minimum absolute atomic E-state index is 0.331. The molecule has 108 valence electrons. The van der Waals surface area contributed by atoms with E-state index >= 15 is 0 Å². The summed E-state index contributed by atoms with van der Waals surface area (Å²) in [5.41, 5.74) is 2.69. The largest absolute Gasteiger partial charge is 0.493 e. The van der Waals surface area contributed by atoms with Gasteiger partial charge in [-0.3, -0.25) is 4.79 Å². The topological polar surface area (TPSA) is 64.2 Å². The van der Waals surface area contributed by atoms with Crippen molar-refractivity contribution in [1.29, 1.82) is 0 Å². The van der Waals surface area contributed by atoms with Gasteiger partial charge in [-0.1, -0.05) is 6.08 Å². The van der Waals surface area contributed by atoms with Crippen LogP contribution in [0.2, 0.25) is 0 Å². The van der Waals surface area contributed by atoms with Gasteiger partial charge in [0.1, 0.15) is 18.7 Å². The molecule has 3 rings (SSSR count). The highest BCUT2D eigenvalue weighted by molar-refractivity contribution is 5.76. The third-order valence-corrected chi connectivity index (χ3v) is 3.38. The number of fused-ring (bicyclic) bond motifs is 1. The first kappa shape index (κ1) is 13.4. The number of ether oxygens (including phenoxy) is 2. The highest BCUT2D eigenvalue weighted by Gasteiger charge is 2.12. The van der Waals surface area contributed by atoms with E-state index in [-0.39, 0.29) is 0 Å². The predicted molar refractivity (Wildman–Crippen MR) is 78.7 cm³/mol. The predicted octanol–water partition coefficient (Wildman–Crippen LogP) is 2.77. The van der Waals surface area contributed by atoms with Crippen molar-refractivity contribution in [2.75, 3.05) is 7.11 Å². The summed E-state index contributed by atoms with van der Waals surface area (Å²) in [6.07, 6.45) is 6.94. The molecule has 0 saturated heterocycles. The fourth-order valence-electron chi connectivity index (χ4n) is 2.32. The summed E-state index contributed by atoms with van der Waals surface area (Å²) in [6, 6.07) is 5.07. The zero-order valence-corrected chi connectivity index (χ0v) is 11.8. The van der Waals surface area contributed by atoms with E-state index < -0.39 is 0 Å². The molecule has 0 atom stereocenters. The molecule has 0 saturated carbocycles. The fourth-order valence-corrected chi connectivity index (χ4v) is 2.32. The van der Waals surface area contributed by atoms with Crippen molar-refractivity contribution in [2.45, 2.75) is 19.4 Å². The molecule has 1 aromatic carbocycles. The van der Waals surface area contributed by atoms with Gasteiger partial charge in [-0.15, -0.1) is 0 Å². The smallest absolute Gasteiger partial charge is 0.161 e. The summed E-state index contributed by atoms with van der Waals surface area (Å²) in [5, 5.41) is 0. The summed E-state index contributed by atoms with van der Waals surface area (Å²) < 4.78 is 11.0. The van der Waals surface area contributed by atoms with Gasteiger partial charge < -0.3 is 14.5 Å². The summed E-state index contributed by atoms with van der Waals surface area (Å²) in [5.74, 6) is 1.91. The molecule has 1 N–H and O–H groups in total. The van der Waals surface area contributed by atoms with Crippen LogP contribution in [0.4, 0.5) is 0 Å². The van der Waals surface area contributed by atoms with Gasteiger partial charge in [-0.2, -0.15) is 0 Å². The van der Waals surface area contributed by atoms with Crippen LogP contribution >= 0.6 is 0 Å². The number of nitrogens with zero attached hydrogens (tertiary/aromatic N) is 1. The lowest BCUT2D eigenvalue weighted by Gasteiger charge is -2.09. The number of methoxy groups -OCH3 is 1. The van der Waals surface area contributed by atoms with Crippen LogP contribution in [0.5, 0.6) is 11.5 Å². The molecule has 1 aromatic heterocycles. The third-order valence-electron chi connectivity index (χ3n) is 3.38. The van der Waals surface area contributed by atoms with Gasteiger partial charge in [0.2, 0.25) is 0 Å². The van der Waals surface area contributed by atoms with Gasteiger partial charge in [0.15, 0.2) is 11.5 Å². The lowest BCUT2D eigenvalue weighted by molar-refractivity contribution is 0.112. The fraction of sp³-hybridized carbons (Fsp3) is 0.250. The minimum atomic E-state index is 0.331. The Bertz CT molecular complexity index is 689. The lowest BCUT2D eigenvalue weighted by Crippen LogP contribution is -2.00. The zero-order valence-electron chi connectivity index (χ0n) is 11.8. The van der Waals surface area contributed by atoms with Crippen LogP contribution in [0.15, 0.2) is 24.3 Å². The van der Waals surface area contributed by atoms with E-state index in [2.05, 4.69) is 16.0 Å². The maximum atomic E-state index is 10.8. The molecule has 1 heterocycles. The molecule has 0 amide bonds. The highest BCUT2D eigenvalue weighted by atomic mass is 16.5. The number of carbonyl (C=O) groups excluding carboxylic acids is 1. The second kappa shape index (κ2) is 5.83. The van der Waals surface area contributed by atoms with Gasteiger partial charge in [0.25, 0.3) is 0 Å². The van der Waals surface area contributed by atoms with Gasteiger partial charge in [-0.05, 0) is 37.1 Å². The van der Waals surface area contributed by atoms with E-state index in [1.54, 1.807) is 25.3 Å². The van der Waals surface area contributed by atoms with Crippen LogP contribution < -0.4 is 9.47 Å². The quantitative estimate of drug-likeness (QED) is 0.857. The van der Waals surface area contributed by atoms with E-state index in [1.165, 1.54) is 0 Å². The average molecular weight is 284 g/mol. The van der Waals surface area contributed by atoms with Crippen molar-refractivity contribution in [2.24, 2.45) is 0 Å². The molecule has 0 spiro atoms. The third kappa shape index (κ3) is 2.81. The van der Waals surface area contributed by atoms with E-state index in [0.29, 0.717) is 23.7 Å². The highest BCUT2D eigenvalue weighted by Crippen LogP contribution is 2.28. The maximum absolute atomic E-state index is 10.8. The summed E-state index contributed by atoms with van der Waals surface area (Å²) in [6.45, 7) is 0.331. The average Bonchev–Trinajstić information content (AvgIpc) is 2.95. The Morgan fingerprint density at radius 2 is 2.29 bits per heavy atom. The van der Waals surface area contributed by atoms with Crippen LogP contribution in [0, 0.1) is 0 Å². The number of hydrogen-bond acceptors (Lipinski definition) is 4. The summed E-state index contributed by atoms with van der Waals surface area (Å²) >= 11 is 0. The normalized spacial score (nSPS) is 12.8. The van der Waals surface area contributed by atoms with Crippen LogP contribution in [0.3, 0.4) is 0 Å². The number of aromatic amines is 1. The molecule has 0 fully saturated rings. The van der Waals surface area contributed by atoms with Gasteiger partial charge in [-0.25, -0.2) is 4.98 Å². The summed E-state index contributed by atoms with van der Waals surface area (Å²) in [7, 11) is 1.55. The molecule has 2 aromatic rings. The van der Waals surface area contributed by atoms with Gasteiger partial charge in [0, 0.05) is 11.3 Å². The van der Waals surface area contributed by atoms with Crippen molar-refractivity contribution in [3.8, 4) is 11.5 Å². The number of aldehydes is 1. The molecule has 0 aliphatic heterocycles.